The lowest BCUT2D eigenvalue weighted by Crippen LogP contribution is -2.13. The lowest BCUT2D eigenvalue weighted by molar-refractivity contribution is 0.100. The average molecular weight is 318 g/mol. The van der Waals surface area contributed by atoms with Crippen molar-refractivity contribution in [3.8, 4) is 0 Å². The van der Waals surface area contributed by atoms with Crippen LogP contribution in [0, 0.1) is 0 Å². The highest BCUT2D eigenvalue weighted by Gasteiger charge is 2.17. The quantitative estimate of drug-likeness (QED) is 0.895. The van der Waals surface area contributed by atoms with Crippen molar-refractivity contribution < 1.29 is 13.2 Å². The molecule has 1 aromatic heterocycles. The molecule has 19 heavy (non-hydrogen) atoms. The molecule has 3 N–H and O–H groups in total. The van der Waals surface area contributed by atoms with E-state index < -0.39 is 15.9 Å². The molecule has 1 heterocycles. The summed E-state index contributed by atoms with van der Waals surface area (Å²) in [6.07, 6.45) is 1.17. The zero-order valence-electron chi connectivity index (χ0n) is 9.33. The van der Waals surface area contributed by atoms with Crippen LogP contribution >= 0.6 is 22.9 Å². The molecule has 2 rings (SSSR count). The predicted molar refractivity (Wildman–Crippen MR) is 72.9 cm³/mol. The van der Waals surface area contributed by atoms with E-state index in [1.54, 1.807) is 0 Å². The largest absolute Gasteiger partial charge is 0.366 e. The van der Waals surface area contributed by atoms with E-state index in [-0.39, 0.29) is 8.68 Å². The molecule has 0 aliphatic rings. The van der Waals surface area contributed by atoms with Crippen molar-refractivity contribution in [2.75, 3.05) is 4.72 Å². The summed E-state index contributed by atoms with van der Waals surface area (Å²) in [5.74, 6) is -0.580. The Morgan fingerprint density at radius 2 is 1.95 bits per heavy atom. The lowest BCUT2D eigenvalue weighted by atomic mass is 10.2. The van der Waals surface area contributed by atoms with Gasteiger partial charge < -0.3 is 5.73 Å². The molecule has 0 saturated carbocycles. The second kappa shape index (κ2) is 5.16. The van der Waals surface area contributed by atoms with E-state index in [2.05, 4.69) is 9.71 Å². The molecule has 0 aliphatic carbocycles. The predicted octanol–water partition coefficient (Wildman–Crippen LogP) is 1.70. The van der Waals surface area contributed by atoms with E-state index in [4.69, 9.17) is 17.3 Å². The highest BCUT2D eigenvalue weighted by molar-refractivity contribution is 7.94. The first-order chi connectivity index (χ1) is 8.88. The molecule has 0 fully saturated rings. The van der Waals surface area contributed by atoms with E-state index in [0.29, 0.717) is 11.3 Å². The first-order valence-corrected chi connectivity index (χ1v) is 7.60. The normalized spacial score (nSPS) is 11.2. The Labute approximate surface area is 118 Å². The van der Waals surface area contributed by atoms with E-state index in [1.165, 1.54) is 30.5 Å². The monoisotopic (exact) mass is 317 g/mol. The Morgan fingerprint density at radius 3 is 2.42 bits per heavy atom. The maximum absolute atomic E-state index is 11.9. The van der Waals surface area contributed by atoms with E-state index in [0.717, 1.165) is 11.3 Å². The fourth-order valence-electron chi connectivity index (χ4n) is 1.27. The second-order valence-corrected chi connectivity index (χ2v) is 7.00. The Morgan fingerprint density at radius 1 is 1.32 bits per heavy atom. The number of benzene rings is 1. The van der Waals surface area contributed by atoms with Gasteiger partial charge in [0.05, 0.1) is 6.20 Å². The summed E-state index contributed by atoms with van der Waals surface area (Å²) in [5, 5.41) is 0. The number of sulfonamides is 1. The van der Waals surface area contributed by atoms with E-state index in [1.807, 2.05) is 0 Å². The first-order valence-electron chi connectivity index (χ1n) is 4.92. The van der Waals surface area contributed by atoms with Crippen LogP contribution in [-0.4, -0.2) is 19.3 Å². The number of amides is 1. The molecular weight excluding hydrogens is 310 g/mol. The number of carbonyl (C=O) groups is 1. The molecule has 0 aliphatic heterocycles. The average Bonchev–Trinajstić information content (AvgIpc) is 2.77. The van der Waals surface area contributed by atoms with Crippen LogP contribution in [0.1, 0.15) is 10.4 Å². The van der Waals surface area contributed by atoms with Crippen LogP contribution in [0.15, 0.2) is 34.7 Å². The summed E-state index contributed by atoms with van der Waals surface area (Å²) in [6, 6.07) is 5.75. The molecule has 0 atom stereocenters. The Kier molecular flexibility index (Phi) is 3.74. The van der Waals surface area contributed by atoms with Gasteiger partial charge in [-0.2, -0.15) is 0 Å². The van der Waals surface area contributed by atoms with Crippen LogP contribution in [-0.2, 0) is 10.0 Å². The van der Waals surface area contributed by atoms with Gasteiger partial charge in [-0.15, -0.1) is 0 Å². The van der Waals surface area contributed by atoms with Crippen LogP contribution in [0.2, 0.25) is 4.47 Å². The number of anilines is 1. The zero-order chi connectivity index (χ0) is 14.0. The Hall–Kier alpha value is -1.64. The van der Waals surface area contributed by atoms with Crippen LogP contribution < -0.4 is 10.5 Å². The number of hydrogen-bond donors (Lipinski definition) is 2. The number of primary amides is 1. The molecule has 1 amide bonds. The van der Waals surface area contributed by atoms with Crippen molar-refractivity contribution in [1.82, 2.24) is 4.98 Å². The van der Waals surface area contributed by atoms with Gasteiger partial charge in [-0.05, 0) is 24.3 Å². The fraction of sp³-hybridized carbons (Fsp3) is 0. The topological polar surface area (TPSA) is 102 Å². The van der Waals surface area contributed by atoms with Gasteiger partial charge in [0.2, 0.25) is 5.91 Å². The van der Waals surface area contributed by atoms with E-state index in [9.17, 15) is 13.2 Å². The number of thiazole rings is 1. The Bertz CT molecular complexity index is 710. The fourth-order valence-corrected chi connectivity index (χ4v) is 3.62. The summed E-state index contributed by atoms with van der Waals surface area (Å²) >= 11 is 6.44. The minimum atomic E-state index is -3.72. The third-order valence-electron chi connectivity index (χ3n) is 2.14. The number of aromatic nitrogens is 1. The lowest BCUT2D eigenvalue weighted by Gasteiger charge is -2.05. The maximum Gasteiger partial charge on any atom is 0.273 e. The van der Waals surface area contributed by atoms with Crippen LogP contribution in [0.4, 0.5) is 5.69 Å². The van der Waals surface area contributed by atoms with Crippen molar-refractivity contribution in [2.24, 2.45) is 5.73 Å². The van der Waals surface area contributed by atoms with Crippen molar-refractivity contribution in [2.45, 2.75) is 4.21 Å². The van der Waals surface area contributed by atoms with Gasteiger partial charge in [-0.1, -0.05) is 22.9 Å². The highest BCUT2D eigenvalue weighted by atomic mass is 35.5. The van der Waals surface area contributed by atoms with E-state index >= 15 is 0 Å². The third kappa shape index (κ3) is 3.22. The number of nitrogens with two attached hydrogens (primary N) is 1. The summed E-state index contributed by atoms with van der Waals surface area (Å²) in [6.45, 7) is 0. The minimum absolute atomic E-state index is 0.0106. The summed E-state index contributed by atoms with van der Waals surface area (Å²) in [7, 11) is -3.72. The van der Waals surface area contributed by atoms with Gasteiger partial charge in [0.15, 0.2) is 8.68 Å². The second-order valence-electron chi connectivity index (χ2n) is 3.48. The number of nitrogens with zero attached hydrogens (tertiary/aromatic N) is 1. The molecular formula is C10H8ClN3O3S2. The van der Waals surface area contributed by atoms with Crippen molar-refractivity contribution in [3.63, 3.8) is 0 Å². The minimum Gasteiger partial charge on any atom is -0.366 e. The van der Waals surface area contributed by atoms with Crippen LogP contribution in [0.5, 0.6) is 0 Å². The van der Waals surface area contributed by atoms with Gasteiger partial charge in [-0.25, -0.2) is 13.4 Å². The summed E-state index contributed by atoms with van der Waals surface area (Å²) in [5.41, 5.74) is 5.70. The molecule has 0 saturated heterocycles. The Balaban J connectivity index is 2.23. The van der Waals surface area contributed by atoms with Gasteiger partial charge >= 0.3 is 0 Å². The molecule has 0 bridgehead atoms. The van der Waals surface area contributed by atoms with Crippen molar-refractivity contribution in [3.05, 3.63) is 40.5 Å². The summed E-state index contributed by atoms with van der Waals surface area (Å²) < 4.78 is 26.4. The van der Waals surface area contributed by atoms with Gasteiger partial charge in [0, 0.05) is 11.3 Å². The van der Waals surface area contributed by atoms with Gasteiger partial charge in [0.1, 0.15) is 0 Å². The number of halogens is 1. The summed E-state index contributed by atoms with van der Waals surface area (Å²) in [4.78, 5) is 14.5. The SMILES string of the molecule is NC(=O)c1ccc(NS(=O)(=O)c2cnc(Cl)s2)cc1. The zero-order valence-corrected chi connectivity index (χ0v) is 11.7. The molecule has 2 aromatic rings. The van der Waals surface area contributed by atoms with Crippen molar-refractivity contribution >= 4 is 44.6 Å². The first kappa shape index (κ1) is 13.8. The molecule has 1 aromatic carbocycles. The van der Waals surface area contributed by atoms with Crippen LogP contribution in [0.25, 0.3) is 0 Å². The van der Waals surface area contributed by atoms with Gasteiger partial charge in [0.25, 0.3) is 10.0 Å². The third-order valence-corrected chi connectivity index (χ3v) is 5.10. The molecule has 9 heteroatoms. The molecule has 100 valence electrons. The number of carbonyl (C=O) groups excluding carboxylic acids is 1. The maximum atomic E-state index is 11.9. The standard InChI is InChI=1S/C10H8ClN3O3S2/c11-10-13-5-8(18-10)19(16,17)14-7-3-1-6(2-4-7)9(12)15/h1-5,14H,(H2,12,15). The van der Waals surface area contributed by atoms with Gasteiger partial charge in [-0.3, -0.25) is 9.52 Å². The molecule has 0 spiro atoms. The molecule has 0 radical (unpaired) electrons. The molecule has 6 nitrogen and oxygen atoms in total. The highest BCUT2D eigenvalue weighted by Crippen LogP contribution is 2.24. The number of hydrogen-bond acceptors (Lipinski definition) is 5. The number of nitrogens with one attached hydrogen (secondary N) is 1. The van der Waals surface area contributed by atoms with Crippen molar-refractivity contribution in [1.29, 1.82) is 0 Å². The smallest absolute Gasteiger partial charge is 0.273 e. The molecule has 0 unspecified atom stereocenters. The number of rotatable bonds is 4. The van der Waals surface area contributed by atoms with Crippen LogP contribution in [0.3, 0.4) is 0 Å².